The molecule has 1 heterocycles. The molecule has 3 N–H and O–H groups in total. The average molecular weight is 351 g/mol. The number of benzene rings is 1. The van der Waals surface area contributed by atoms with Crippen LogP contribution >= 0.6 is 0 Å². The van der Waals surface area contributed by atoms with Crippen molar-refractivity contribution >= 4 is 21.2 Å². The van der Waals surface area contributed by atoms with Gasteiger partial charge in [0.2, 0.25) is 0 Å². The van der Waals surface area contributed by atoms with E-state index in [1.54, 1.807) is 0 Å². The SMILES string of the molecule is CC(c1cc(N2CCNCC2)cc(N)c1S(C)(=O)=O)C(F)(F)F. The molecule has 9 heteroatoms. The molecule has 1 aromatic carbocycles. The highest BCUT2D eigenvalue weighted by atomic mass is 32.2. The number of nitrogens with two attached hydrogens (primary N) is 1. The summed E-state index contributed by atoms with van der Waals surface area (Å²) in [6, 6.07) is 2.74. The van der Waals surface area contributed by atoms with Crippen LogP contribution in [0.2, 0.25) is 0 Å². The largest absolute Gasteiger partial charge is 0.398 e. The van der Waals surface area contributed by atoms with E-state index in [1.807, 2.05) is 4.90 Å². The predicted molar refractivity (Wildman–Crippen MR) is 83.5 cm³/mol. The average Bonchev–Trinajstić information content (AvgIpc) is 2.44. The highest BCUT2D eigenvalue weighted by Crippen LogP contribution is 2.41. The quantitative estimate of drug-likeness (QED) is 0.812. The zero-order valence-corrected chi connectivity index (χ0v) is 13.8. The molecule has 0 amide bonds. The standard InChI is InChI=1S/C14H20F3N3O2S/c1-9(14(15,16)17)11-7-10(20-5-3-19-4-6-20)8-12(18)13(11)23(2,21)22/h7-9,19H,3-6,18H2,1-2H3. The number of nitrogens with zero attached hydrogens (tertiary/aromatic N) is 1. The highest BCUT2D eigenvalue weighted by Gasteiger charge is 2.40. The van der Waals surface area contributed by atoms with Crippen molar-refractivity contribution in [1.82, 2.24) is 5.32 Å². The van der Waals surface area contributed by atoms with Gasteiger partial charge in [0, 0.05) is 38.1 Å². The van der Waals surface area contributed by atoms with Crippen LogP contribution in [-0.4, -0.2) is 47.0 Å². The van der Waals surface area contributed by atoms with E-state index in [2.05, 4.69) is 5.32 Å². The molecule has 1 unspecified atom stereocenters. The number of hydrogen-bond donors (Lipinski definition) is 2. The van der Waals surface area contributed by atoms with E-state index in [-0.39, 0.29) is 11.3 Å². The minimum Gasteiger partial charge on any atom is -0.398 e. The minimum atomic E-state index is -4.55. The summed E-state index contributed by atoms with van der Waals surface area (Å²) in [6.45, 7) is 3.61. The third kappa shape index (κ3) is 3.89. The molecular weight excluding hydrogens is 331 g/mol. The van der Waals surface area contributed by atoms with Gasteiger partial charge in [0.15, 0.2) is 9.84 Å². The fourth-order valence-corrected chi connectivity index (χ4v) is 3.84. The molecule has 0 saturated carbocycles. The van der Waals surface area contributed by atoms with Gasteiger partial charge in [-0.25, -0.2) is 8.42 Å². The summed E-state index contributed by atoms with van der Waals surface area (Å²) in [5.41, 5.74) is 5.88. The molecule has 1 aliphatic heterocycles. The lowest BCUT2D eigenvalue weighted by atomic mass is 9.98. The number of sulfone groups is 1. The topological polar surface area (TPSA) is 75.4 Å². The molecule has 2 rings (SSSR count). The molecule has 0 bridgehead atoms. The van der Waals surface area contributed by atoms with Crippen molar-refractivity contribution in [2.45, 2.75) is 23.9 Å². The van der Waals surface area contributed by atoms with Crippen LogP contribution in [0.15, 0.2) is 17.0 Å². The maximum Gasteiger partial charge on any atom is 0.395 e. The Morgan fingerprint density at radius 2 is 1.83 bits per heavy atom. The van der Waals surface area contributed by atoms with Gasteiger partial charge >= 0.3 is 6.18 Å². The second-order valence-electron chi connectivity index (χ2n) is 5.73. The number of rotatable bonds is 3. The molecule has 1 atom stereocenters. The third-order valence-corrected chi connectivity index (χ3v) is 5.15. The zero-order valence-electron chi connectivity index (χ0n) is 12.9. The summed E-state index contributed by atoms with van der Waals surface area (Å²) in [5.74, 6) is -1.92. The summed E-state index contributed by atoms with van der Waals surface area (Å²) >= 11 is 0. The number of anilines is 2. The van der Waals surface area contributed by atoms with E-state index in [0.717, 1.165) is 13.2 Å². The van der Waals surface area contributed by atoms with Crippen LogP contribution in [0.25, 0.3) is 0 Å². The van der Waals surface area contributed by atoms with Crippen molar-refractivity contribution in [3.05, 3.63) is 17.7 Å². The second kappa shape index (κ2) is 6.20. The molecule has 23 heavy (non-hydrogen) atoms. The van der Waals surface area contributed by atoms with Crippen molar-refractivity contribution in [3.63, 3.8) is 0 Å². The van der Waals surface area contributed by atoms with E-state index < -0.39 is 26.8 Å². The molecule has 0 aromatic heterocycles. The van der Waals surface area contributed by atoms with Gasteiger partial charge in [-0.05, 0) is 24.6 Å². The fourth-order valence-electron chi connectivity index (χ4n) is 2.69. The monoisotopic (exact) mass is 351 g/mol. The summed E-state index contributed by atoms with van der Waals surface area (Å²) < 4.78 is 63.3. The summed E-state index contributed by atoms with van der Waals surface area (Å²) in [7, 11) is -3.87. The first-order chi connectivity index (χ1) is 10.5. The van der Waals surface area contributed by atoms with E-state index in [1.165, 1.54) is 12.1 Å². The first-order valence-electron chi connectivity index (χ1n) is 7.17. The summed E-state index contributed by atoms with van der Waals surface area (Å²) in [6.07, 6.45) is -3.68. The van der Waals surface area contributed by atoms with E-state index >= 15 is 0 Å². The van der Waals surface area contributed by atoms with Crippen LogP contribution in [0.3, 0.4) is 0 Å². The molecular formula is C14H20F3N3O2S. The number of alkyl halides is 3. The molecule has 1 aliphatic rings. The number of nitrogens with one attached hydrogen (secondary N) is 1. The van der Waals surface area contributed by atoms with Gasteiger partial charge in [0.1, 0.15) is 0 Å². The van der Waals surface area contributed by atoms with Crippen molar-refractivity contribution < 1.29 is 21.6 Å². The van der Waals surface area contributed by atoms with Crippen LogP contribution in [0, 0.1) is 0 Å². The Bertz CT molecular complexity index is 683. The lowest BCUT2D eigenvalue weighted by molar-refractivity contribution is -0.146. The van der Waals surface area contributed by atoms with Gasteiger partial charge in [-0.3, -0.25) is 0 Å². The Morgan fingerprint density at radius 1 is 1.26 bits per heavy atom. The van der Waals surface area contributed by atoms with Crippen LogP contribution in [0.1, 0.15) is 18.4 Å². The molecule has 1 saturated heterocycles. The Labute approximate surface area is 133 Å². The molecule has 0 radical (unpaired) electrons. The smallest absolute Gasteiger partial charge is 0.395 e. The Kier molecular flexibility index (Phi) is 4.81. The minimum absolute atomic E-state index is 0.144. The first-order valence-corrected chi connectivity index (χ1v) is 9.07. The Hall–Kier alpha value is -1.48. The van der Waals surface area contributed by atoms with Gasteiger partial charge in [0.25, 0.3) is 0 Å². The normalized spacial score (nSPS) is 18.0. The molecule has 5 nitrogen and oxygen atoms in total. The van der Waals surface area contributed by atoms with Crippen molar-refractivity contribution in [3.8, 4) is 0 Å². The van der Waals surface area contributed by atoms with Crippen molar-refractivity contribution in [2.75, 3.05) is 43.1 Å². The molecule has 1 fully saturated rings. The molecule has 130 valence electrons. The Balaban J connectivity index is 2.61. The maximum atomic E-state index is 13.1. The first kappa shape index (κ1) is 17.9. The Morgan fingerprint density at radius 3 is 2.30 bits per heavy atom. The van der Waals surface area contributed by atoms with Crippen LogP contribution < -0.4 is 16.0 Å². The number of halogens is 3. The van der Waals surface area contributed by atoms with Crippen LogP contribution in [0.5, 0.6) is 0 Å². The van der Waals surface area contributed by atoms with Gasteiger partial charge < -0.3 is 16.0 Å². The molecule has 1 aromatic rings. The molecule has 0 aliphatic carbocycles. The zero-order chi connectivity index (χ0) is 17.4. The number of piperazine rings is 1. The predicted octanol–water partition coefficient (Wildman–Crippen LogP) is 1.75. The fraction of sp³-hybridized carbons (Fsp3) is 0.571. The van der Waals surface area contributed by atoms with Crippen molar-refractivity contribution in [1.29, 1.82) is 0 Å². The number of nitrogen functional groups attached to an aromatic ring is 1. The van der Waals surface area contributed by atoms with Crippen LogP contribution in [0.4, 0.5) is 24.5 Å². The van der Waals surface area contributed by atoms with E-state index in [4.69, 9.17) is 5.73 Å². The van der Waals surface area contributed by atoms with Crippen LogP contribution in [-0.2, 0) is 9.84 Å². The third-order valence-electron chi connectivity index (χ3n) is 3.94. The van der Waals surface area contributed by atoms with Gasteiger partial charge in [-0.2, -0.15) is 13.2 Å². The van der Waals surface area contributed by atoms with E-state index in [9.17, 15) is 21.6 Å². The van der Waals surface area contributed by atoms with Gasteiger partial charge in [-0.1, -0.05) is 0 Å². The van der Waals surface area contributed by atoms with Gasteiger partial charge in [0.05, 0.1) is 16.5 Å². The summed E-state index contributed by atoms with van der Waals surface area (Å²) in [5, 5.41) is 3.15. The maximum absolute atomic E-state index is 13.1. The van der Waals surface area contributed by atoms with E-state index in [0.29, 0.717) is 31.9 Å². The second-order valence-corrected chi connectivity index (χ2v) is 7.68. The number of hydrogen-bond acceptors (Lipinski definition) is 5. The van der Waals surface area contributed by atoms with Crippen molar-refractivity contribution in [2.24, 2.45) is 0 Å². The molecule has 0 spiro atoms. The lowest BCUT2D eigenvalue weighted by Crippen LogP contribution is -2.43. The van der Waals surface area contributed by atoms with Gasteiger partial charge in [-0.15, -0.1) is 0 Å². The highest BCUT2D eigenvalue weighted by molar-refractivity contribution is 7.91. The lowest BCUT2D eigenvalue weighted by Gasteiger charge is -2.31. The summed E-state index contributed by atoms with van der Waals surface area (Å²) in [4.78, 5) is 1.46.